The van der Waals surface area contributed by atoms with Crippen molar-refractivity contribution < 1.29 is 4.74 Å². The van der Waals surface area contributed by atoms with Crippen LogP contribution < -0.4 is 10.3 Å². The number of para-hydroxylation sites is 1. The second-order valence-corrected chi connectivity index (χ2v) is 9.25. The molecule has 0 saturated carbocycles. The monoisotopic (exact) mass is 468 g/mol. The summed E-state index contributed by atoms with van der Waals surface area (Å²) in [5, 5.41) is 3.92. The number of rotatable bonds is 8. The van der Waals surface area contributed by atoms with E-state index in [9.17, 15) is 4.79 Å². The molecule has 0 unspecified atom stereocenters. The number of thioether (sulfide) groups is 1. The Morgan fingerprint density at radius 2 is 2.00 bits per heavy atom. The zero-order chi connectivity index (χ0) is 21.8. The smallest absolute Gasteiger partial charge is 0.263 e. The lowest BCUT2D eigenvalue weighted by Crippen LogP contribution is -2.23. The van der Waals surface area contributed by atoms with Gasteiger partial charge in [0.15, 0.2) is 5.16 Å². The Hall–Kier alpha value is -2.54. The van der Waals surface area contributed by atoms with Crippen LogP contribution in [0.1, 0.15) is 5.56 Å². The molecule has 0 atom stereocenters. The van der Waals surface area contributed by atoms with Crippen LogP contribution in [0.25, 0.3) is 21.3 Å². The molecule has 0 saturated heterocycles. The molecule has 31 heavy (non-hydrogen) atoms. The highest BCUT2D eigenvalue weighted by Crippen LogP contribution is 2.32. The summed E-state index contributed by atoms with van der Waals surface area (Å²) in [7, 11) is 0. The number of aromatic nitrogens is 2. The molecule has 0 aliphatic heterocycles. The average Bonchev–Trinajstić information content (AvgIpc) is 3.19. The third kappa shape index (κ3) is 4.71. The van der Waals surface area contributed by atoms with Crippen molar-refractivity contribution in [3.05, 3.63) is 87.5 Å². The lowest BCUT2D eigenvalue weighted by molar-refractivity contribution is 0.344. The van der Waals surface area contributed by atoms with Gasteiger partial charge in [0.1, 0.15) is 10.6 Å². The van der Waals surface area contributed by atoms with Crippen molar-refractivity contribution in [1.29, 1.82) is 0 Å². The predicted molar refractivity (Wildman–Crippen MR) is 132 cm³/mol. The maximum Gasteiger partial charge on any atom is 0.263 e. The summed E-state index contributed by atoms with van der Waals surface area (Å²) in [6.07, 6.45) is 1.72. The van der Waals surface area contributed by atoms with Crippen LogP contribution in [-0.4, -0.2) is 21.9 Å². The number of hydrogen-bond donors (Lipinski definition) is 0. The van der Waals surface area contributed by atoms with Gasteiger partial charge in [-0.2, -0.15) is 0 Å². The Morgan fingerprint density at radius 3 is 2.74 bits per heavy atom. The number of nitrogens with zero attached hydrogens (tertiary/aromatic N) is 2. The van der Waals surface area contributed by atoms with E-state index < -0.39 is 0 Å². The Morgan fingerprint density at radius 1 is 1.23 bits per heavy atom. The number of thiophene rings is 1. The fourth-order valence-electron chi connectivity index (χ4n) is 3.20. The molecular formula is C24H21ClN2O2S2. The van der Waals surface area contributed by atoms with E-state index in [-0.39, 0.29) is 5.56 Å². The highest BCUT2D eigenvalue weighted by molar-refractivity contribution is 7.99. The zero-order valence-electron chi connectivity index (χ0n) is 17.0. The van der Waals surface area contributed by atoms with Crippen LogP contribution in [0.3, 0.4) is 0 Å². The second-order valence-electron chi connectivity index (χ2n) is 6.92. The first-order chi connectivity index (χ1) is 15.1. The third-order valence-electron chi connectivity index (χ3n) is 4.74. The van der Waals surface area contributed by atoms with Crippen molar-refractivity contribution in [3.63, 3.8) is 0 Å². The van der Waals surface area contributed by atoms with Gasteiger partial charge in [-0.25, -0.2) is 4.98 Å². The van der Waals surface area contributed by atoms with Crippen LogP contribution in [0.5, 0.6) is 5.75 Å². The van der Waals surface area contributed by atoms with Crippen LogP contribution in [0.2, 0.25) is 5.02 Å². The summed E-state index contributed by atoms with van der Waals surface area (Å²) in [5.41, 5.74) is 3.09. The summed E-state index contributed by atoms with van der Waals surface area (Å²) in [4.78, 5) is 18.9. The zero-order valence-corrected chi connectivity index (χ0v) is 19.4. The molecule has 4 nitrogen and oxygen atoms in total. The Bertz CT molecular complexity index is 1280. The van der Waals surface area contributed by atoms with Crippen molar-refractivity contribution in [3.8, 4) is 16.9 Å². The molecule has 0 amide bonds. The van der Waals surface area contributed by atoms with E-state index in [2.05, 4.69) is 18.7 Å². The summed E-state index contributed by atoms with van der Waals surface area (Å²) in [6.45, 7) is 6.71. The highest BCUT2D eigenvalue weighted by atomic mass is 35.5. The van der Waals surface area contributed by atoms with E-state index in [4.69, 9.17) is 21.3 Å². The van der Waals surface area contributed by atoms with Crippen molar-refractivity contribution in [2.45, 2.75) is 18.6 Å². The maximum absolute atomic E-state index is 13.4. The van der Waals surface area contributed by atoms with Gasteiger partial charge in [-0.1, -0.05) is 71.4 Å². The van der Waals surface area contributed by atoms with Crippen molar-refractivity contribution in [2.24, 2.45) is 0 Å². The summed E-state index contributed by atoms with van der Waals surface area (Å²) >= 11 is 9.12. The van der Waals surface area contributed by atoms with Gasteiger partial charge in [-0.3, -0.25) is 9.36 Å². The fraction of sp³-hybridized carbons (Fsp3) is 0.167. The first-order valence-electron chi connectivity index (χ1n) is 9.78. The predicted octanol–water partition coefficient (Wildman–Crippen LogP) is 6.44. The van der Waals surface area contributed by atoms with Crippen LogP contribution >= 0.6 is 34.7 Å². The van der Waals surface area contributed by atoms with Crippen LogP contribution in [0, 0.1) is 6.92 Å². The molecule has 0 radical (unpaired) electrons. The van der Waals surface area contributed by atoms with E-state index in [1.165, 1.54) is 28.7 Å². The van der Waals surface area contributed by atoms with Crippen LogP contribution in [0.15, 0.2) is 76.5 Å². The number of allylic oxidation sites excluding steroid dienone is 1. The van der Waals surface area contributed by atoms with Gasteiger partial charge in [-0.15, -0.1) is 17.9 Å². The Labute approximate surface area is 194 Å². The van der Waals surface area contributed by atoms with Gasteiger partial charge >= 0.3 is 0 Å². The summed E-state index contributed by atoms with van der Waals surface area (Å²) in [6, 6.07) is 15.6. The lowest BCUT2D eigenvalue weighted by atomic mass is 10.1. The standard InChI is InChI=1S/C24H21ClN2O2S2/c1-3-12-27-23(28)21-18(17-10-8-16(2)9-11-17)15-31-22(21)26-24(27)30-14-13-29-20-7-5-4-6-19(20)25/h3-11,15H,1,12-14H2,2H3. The van der Waals surface area contributed by atoms with E-state index in [0.29, 0.717) is 40.2 Å². The molecule has 2 aromatic heterocycles. The topological polar surface area (TPSA) is 44.1 Å². The molecule has 4 rings (SSSR count). The minimum atomic E-state index is -0.0451. The molecule has 2 heterocycles. The molecule has 2 aromatic carbocycles. The Balaban J connectivity index is 1.61. The number of halogens is 1. The average molecular weight is 469 g/mol. The largest absolute Gasteiger partial charge is 0.491 e. The van der Waals surface area contributed by atoms with Gasteiger partial charge in [0.05, 0.1) is 17.0 Å². The number of hydrogen-bond acceptors (Lipinski definition) is 5. The minimum absolute atomic E-state index is 0.0451. The highest BCUT2D eigenvalue weighted by Gasteiger charge is 2.17. The molecule has 0 bridgehead atoms. The molecular weight excluding hydrogens is 448 g/mol. The van der Waals surface area contributed by atoms with E-state index in [1.807, 2.05) is 42.6 Å². The minimum Gasteiger partial charge on any atom is -0.491 e. The van der Waals surface area contributed by atoms with E-state index in [0.717, 1.165) is 16.0 Å². The van der Waals surface area contributed by atoms with Gasteiger partial charge in [-0.05, 0) is 24.6 Å². The normalized spacial score (nSPS) is 11.0. The molecule has 4 aromatic rings. The van der Waals surface area contributed by atoms with Gasteiger partial charge in [0, 0.05) is 23.2 Å². The molecule has 0 spiro atoms. The van der Waals surface area contributed by atoms with Crippen molar-refractivity contribution in [2.75, 3.05) is 12.4 Å². The Kier molecular flexibility index (Phi) is 6.80. The number of ether oxygens (including phenoxy) is 1. The number of aryl methyl sites for hydroxylation is 1. The van der Waals surface area contributed by atoms with E-state index in [1.54, 1.807) is 16.7 Å². The van der Waals surface area contributed by atoms with Gasteiger partial charge in [0.25, 0.3) is 5.56 Å². The third-order valence-corrected chi connectivity index (χ3v) is 6.87. The summed E-state index contributed by atoms with van der Waals surface area (Å²) < 4.78 is 7.44. The van der Waals surface area contributed by atoms with Crippen molar-refractivity contribution >= 4 is 44.9 Å². The number of benzene rings is 2. The van der Waals surface area contributed by atoms with E-state index >= 15 is 0 Å². The molecule has 7 heteroatoms. The summed E-state index contributed by atoms with van der Waals surface area (Å²) in [5.74, 6) is 1.29. The van der Waals surface area contributed by atoms with Gasteiger partial charge < -0.3 is 4.74 Å². The van der Waals surface area contributed by atoms with Crippen LogP contribution in [-0.2, 0) is 6.54 Å². The first kappa shape index (κ1) is 21.7. The van der Waals surface area contributed by atoms with Crippen molar-refractivity contribution in [1.82, 2.24) is 9.55 Å². The number of fused-ring (bicyclic) bond motifs is 1. The molecule has 0 aliphatic carbocycles. The quantitative estimate of drug-likeness (QED) is 0.129. The SMILES string of the molecule is C=CCn1c(SCCOc2ccccc2Cl)nc2scc(-c3ccc(C)cc3)c2c1=O. The first-order valence-corrected chi connectivity index (χ1v) is 12.0. The maximum atomic E-state index is 13.4. The molecule has 0 fully saturated rings. The second kappa shape index (κ2) is 9.73. The molecule has 0 aliphatic rings. The lowest BCUT2D eigenvalue weighted by Gasteiger charge is -2.11. The van der Waals surface area contributed by atoms with Gasteiger partial charge in [0.2, 0.25) is 0 Å². The van der Waals surface area contributed by atoms with Crippen LogP contribution in [0.4, 0.5) is 0 Å². The molecule has 0 N–H and O–H groups in total. The molecule has 158 valence electrons. The fourth-order valence-corrected chi connectivity index (χ4v) is 5.20.